The Morgan fingerprint density at radius 2 is 2.15 bits per heavy atom. The first-order valence-corrected chi connectivity index (χ1v) is 9.15. The largest absolute Gasteiger partial charge is 0.452 e. The highest BCUT2D eigenvalue weighted by atomic mass is 35.5. The molecule has 0 aliphatic carbocycles. The quantitative estimate of drug-likeness (QED) is 0.357. The Balaban J connectivity index is 1.39. The highest BCUT2D eigenvalue weighted by molar-refractivity contribution is 7.20. The molecule has 3 aromatic heterocycles. The summed E-state index contributed by atoms with van der Waals surface area (Å²) in [7, 11) is 0. The molecule has 3 heterocycles. The van der Waals surface area contributed by atoms with Gasteiger partial charge in [0.1, 0.15) is 0 Å². The molecule has 1 aromatic carbocycles. The van der Waals surface area contributed by atoms with E-state index in [-0.39, 0.29) is 12.5 Å². The minimum Gasteiger partial charge on any atom is -0.452 e. The second kappa shape index (κ2) is 7.69. The van der Waals surface area contributed by atoms with Gasteiger partial charge in [0.25, 0.3) is 5.89 Å². The van der Waals surface area contributed by atoms with Crippen molar-refractivity contribution in [2.75, 3.05) is 0 Å². The second-order valence-corrected chi connectivity index (χ2v) is 6.93. The Hall–Kier alpha value is -3.03. The van der Waals surface area contributed by atoms with Crippen molar-refractivity contribution in [3.8, 4) is 11.4 Å². The lowest BCUT2D eigenvalue weighted by Gasteiger charge is -1.96. The Morgan fingerprint density at radius 3 is 2.96 bits per heavy atom. The van der Waals surface area contributed by atoms with Crippen molar-refractivity contribution in [2.45, 2.75) is 6.61 Å². The standard InChI is InChI=1S/C19H12ClN3O3S/c20-18-13-5-1-2-6-14(13)27-15(18)7-8-17(24)25-11-16-22-19(23-26-16)12-4-3-9-21-10-12/h1-10H,11H2/b8-7+. The number of benzene rings is 1. The summed E-state index contributed by atoms with van der Waals surface area (Å²) in [6, 6.07) is 11.4. The number of halogens is 1. The fourth-order valence-electron chi connectivity index (χ4n) is 2.39. The van der Waals surface area contributed by atoms with Gasteiger partial charge in [-0.25, -0.2) is 4.79 Å². The van der Waals surface area contributed by atoms with Crippen LogP contribution in [0.5, 0.6) is 0 Å². The summed E-state index contributed by atoms with van der Waals surface area (Å²) in [6.07, 6.45) is 6.25. The zero-order chi connectivity index (χ0) is 18.6. The van der Waals surface area contributed by atoms with Crippen LogP contribution in [0.25, 0.3) is 27.6 Å². The maximum atomic E-state index is 11.9. The molecule has 0 spiro atoms. The van der Waals surface area contributed by atoms with E-state index >= 15 is 0 Å². The van der Waals surface area contributed by atoms with Gasteiger partial charge < -0.3 is 9.26 Å². The lowest BCUT2D eigenvalue weighted by atomic mass is 10.2. The fourth-order valence-corrected chi connectivity index (χ4v) is 3.79. The molecule has 27 heavy (non-hydrogen) atoms. The number of hydrogen-bond donors (Lipinski definition) is 0. The third kappa shape index (κ3) is 3.89. The molecule has 0 unspecified atom stereocenters. The molecule has 0 saturated carbocycles. The third-order valence-electron chi connectivity index (χ3n) is 3.66. The molecule has 0 saturated heterocycles. The molecule has 134 valence electrons. The Bertz CT molecular complexity index is 1120. The van der Waals surface area contributed by atoms with Crippen LogP contribution in [0, 0.1) is 0 Å². The molecule has 0 bridgehead atoms. The molecular weight excluding hydrogens is 386 g/mol. The normalized spacial score (nSPS) is 11.3. The van der Waals surface area contributed by atoms with E-state index in [0.717, 1.165) is 20.5 Å². The number of esters is 1. The van der Waals surface area contributed by atoms with Crippen molar-refractivity contribution in [2.24, 2.45) is 0 Å². The smallest absolute Gasteiger partial charge is 0.331 e. The van der Waals surface area contributed by atoms with Crippen molar-refractivity contribution in [1.29, 1.82) is 0 Å². The minimum absolute atomic E-state index is 0.115. The summed E-state index contributed by atoms with van der Waals surface area (Å²) in [4.78, 5) is 20.9. The van der Waals surface area contributed by atoms with E-state index in [9.17, 15) is 4.79 Å². The summed E-state index contributed by atoms with van der Waals surface area (Å²) in [5, 5.41) is 5.43. The van der Waals surface area contributed by atoms with Gasteiger partial charge in [0.05, 0.1) is 5.02 Å². The van der Waals surface area contributed by atoms with Crippen LogP contribution in [0.15, 0.2) is 59.4 Å². The van der Waals surface area contributed by atoms with Gasteiger partial charge in [0, 0.05) is 39.0 Å². The van der Waals surface area contributed by atoms with Gasteiger partial charge >= 0.3 is 5.97 Å². The van der Waals surface area contributed by atoms with Gasteiger partial charge in [-0.1, -0.05) is 35.0 Å². The lowest BCUT2D eigenvalue weighted by molar-refractivity contribution is -0.139. The Labute approximate surface area is 163 Å². The molecule has 0 radical (unpaired) electrons. The number of hydrogen-bond acceptors (Lipinski definition) is 7. The maximum absolute atomic E-state index is 11.9. The summed E-state index contributed by atoms with van der Waals surface area (Å²) >= 11 is 7.85. The van der Waals surface area contributed by atoms with Crippen molar-refractivity contribution in [3.05, 3.63) is 70.7 Å². The summed E-state index contributed by atoms with van der Waals surface area (Å²) in [5.41, 5.74) is 0.720. The molecule has 6 nitrogen and oxygen atoms in total. The monoisotopic (exact) mass is 397 g/mol. The lowest BCUT2D eigenvalue weighted by Crippen LogP contribution is -2.00. The number of nitrogens with zero attached hydrogens (tertiary/aromatic N) is 3. The first kappa shape index (κ1) is 17.4. The molecule has 4 aromatic rings. The molecular formula is C19H12ClN3O3S. The van der Waals surface area contributed by atoms with Crippen molar-refractivity contribution >= 4 is 45.1 Å². The van der Waals surface area contributed by atoms with Gasteiger partial charge in [0.2, 0.25) is 5.82 Å². The van der Waals surface area contributed by atoms with E-state index in [4.69, 9.17) is 20.9 Å². The number of ether oxygens (including phenoxy) is 1. The summed E-state index contributed by atoms with van der Waals surface area (Å²) in [5.74, 6) is 0.0712. The van der Waals surface area contributed by atoms with Crippen LogP contribution in [0.3, 0.4) is 0 Å². The highest BCUT2D eigenvalue weighted by Crippen LogP contribution is 2.35. The van der Waals surface area contributed by atoms with Crippen LogP contribution < -0.4 is 0 Å². The minimum atomic E-state index is -0.523. The predicted octanol–water partition coefficient (Wildman–Crippen LogP) is 4.76. The van der Waals surface area contributed by atoms with Crippen LogP contribution in [-0.4, -0.2) is 21.1 Å². The molecule has 0 aliphatic rings. The van der Waals surface area contributed by atoms with Crippen molar-refractivity contribution in [1.82, 2.24) is 15.1 Å². The summed E-state index contributed by atoms with van der Waals surface area (Å²) < 4.78 is 11.3. The predicted molar refractivity (Wildman–Crippen MR) is 103 cm³/mol. The van der Waals surface area contributed by atoms with Crippen molar-refractivity contribution in [3.63, 3.8) is 0 Å². The number of carbonyl (C=O) groups is 1. The zero-order valence-corrected chi connectivity index (χ0v) is 15.4. The van der Waals surface area contributed by atoms with Crippen LogP contribution >= 0.6 is 22.9 Å². The average Bonchev–Trinajstić information content (AvgIpc) is 3.31. The van der Waals surface area contributed by atoms with Crippen LogP contribution in [0.4, 0.5) is 0 Å². The molecule has 0 N–H and O–H groups in total. The van der Waals surface area contributed by atoms with Gasteiger partial charge in [-0.2, -0.15) is 4.98 Å². The van der Waals surface area contributed by atoms with E-state index in [1.807, 2.05) is 30.3 Å². The van der Waals surface area contributed by atoms with Gasteiger partial charge in [-0.3, -0.25) is 4.98 Å². The summed E-state index contributed by atoms with van der Waals surface area (Å²) in [6.45, 7) is -0.115. The zero-order valence-electron chi connectivity index (χ0n) is 13.8. The van der Waals surface area contributed by atoms with Gasteiger partial charge in [-0.15, -0.1) is 11.3 Å². The molecule has 0 atom stereocenters. The van der Waals surface area contributed by atoms with E-state index in [0.29, 0.717) is 10.8 Å². The van der Waals surface area contributed by atoms with Crippen LogP contribution in [-0.2, 0) is 16.1 Å². The SMILES string of the molecule is O=C(/C=C/c1sc2ccccc2c1Cl)OCc1nc(-c2cccnc2)no1. The number of pyridine rings is 1. The number of fused-ring (bicyclic) bond motifs is 1. The first-order valence-electron chi connectivity index (χ1n) is 7.95. The average molecular weight is 398 g/mol. The van der Waals surface area contributed by atoms with Crippen molar-refractivity contribution < 1.29 is 14.1 Å². The highest BCUT2D eigenvalue weighted by Gasteiger charge is 2.11. The fraction of sp³-hybridized carbons (Fsp3) is 0.0526. The van der Waals surface area contributed by atoms with E-state index in [1.165, 1.54) is 17.4 Å². The molecule has 8 heteroatoms. The maximum Gasteiger partial charge on any atom is 0.331 e. The molecule has 0 fully saturated rings. The number of aromatic nitrogens is 3. The molecule has 4 rings (SSSR count). The molecule has 0 aliphatic heterocycles. The Morgan fingerprint density at radius 1 is 1.26 bits per heavy atom. The number of rotatable bonds is 5. The second-order valence-electron chi connectivity index (χ2n) is 5.47. The topological polar surface area (TPSA) is 78.1 Å². The van der Waals surface area contributed by atoms with Gasteiger partial charge in [-0.05, 0) is 24.3 Å². The first-order chi connectivity index (χ1) is 13.2. The van der Waals surface area contributed by atoms with E-state index in [1.54, 1.807) is 24.5 Å². The van der Waals surface area contributed by atoms with Crippen LogP contribution in [0.1, 0.15) is 10.8 Å². The number of carbonyl (C=O) groups excluding carboxylic acids is 1. The van der Waals surface area contributed by atoms with Crippen LogP contribution in [0.2, 0.25) is 5.02 Å². The van der Waals surface area contributed by atoms with E-state index < -0.39 is 5.97 Å². The third-order valence-corrected chi connectivity index (χ3v) is 5.31. The Kier molecular flexibility index (Phi) is 4.95. The van der Waals surface area contributed by atoms with E-state index in [2.05, 4.69) is 15.1 Å². The van der Waals surface area contributed by atoms with Gasteiger partial charge in [0.15, 0.2) is 6.61 Å². The molecule has 0 amide bonds. The number of thiophene rings is 1.